The number of hydrogen-bond donors (Lipinski definition) is 0. The summed E-state index contributed by atoms with van der Waals surface area (Å²) in [5, 5.41) is 2.77. The van der Waals surface area contributed by atoms with E-state index in [4.69, 9.17) is 0 Å². The van der Waals surface area contributed by atoms with Gasteiger partial charge >= 0.3 is 0 Å². The van der Waals surface area contributed by atoms with Crippen molar-refractivity contribution in [3.63, 3.8) is 0 Å². The van der Waals surface area contributed by atoms with Crippen molar-refractivity contribution in [2.45, 2.75) is 27.3 Å². The van der Waals surface area contributed by atoms with E-state index in [1.165, 1.54) is 11.3 Å². The van der Waals surface area contributed by atoms with Crippen molar-refractivity contribution >= 4 is 37.5 Å². The number of rotatable bonds is 6. The highest BCUT2D eigenvalue weighted by molar-refractivity contribution is 9.10. The molecule has 0 aliphatic rings. The third kappa shape index (κ3) is 3.71. The largest absolute Gasteiger partial charge is 0.302 e. The van der Waals surface area contributed by atoms with E-state index < -0.39 is 0 Å². The maximum Gasteiger partial charge on any atom is 0.262 e. The number of aryl methyl sites for hydroxylation is 1. The zero-order valence-corrected chi connectivity index (χ0v) is 17.2. The van der Waals surface area contributed by atoms with Crippen LogP contribution in [0.25, 0.3) is 21.3 Å². The Morgan fingerprint density at radius 3 is 2.52 bits per heavy atom. The second-order valence-electron chi connectivity index (χ2n) is 5.98. The summed E-state index contributed by atoms with van der Waals surface area (Å²) in [6.45, 7) is 9.72. The van der Waals surface area contributed by atoms with Gasteiger partial charge in [-0.25, -0.2) is 4.98 Å². The molecule has 4 nitrogen and oxygen atoms in total. The van der Waals surface area contributed by atoms with Gasteiger partial charge in [-0.3, -0.25) is 9.36 Å². The highest BCUT2D eigenvalue weighted by atomic mass is 79.9. The maximum atomic E-state index is 13.2. The average molecular weight is 420 g/mol. The first-order valence-electron chi connectivity index (χ1n) is 8.52. The highest BCUT2D eigenvalue weighted by Crippen LogP contribution is 2.31. The van der Waals surface area contributed by atoms with Gasteiger partial charge in [0.15, 0.2) is 0 Å². The number of likely N-dealkylation sites (N-methyl/N-ethyl adjacent to an activating group) is 1. The first kappa shape index (κ1) is 18.3. The van der Waals surface area contributed by atoms with Gasteiger partial charge in [0.1, 0.15) is 10.7 Å². The Hall–Kier alpha value is -1.50. The lowest BCUT2D eigenvalue weighted by atomic mass is 10.1. The lowest BCUT2D eigenvalue weighted by Crippen LogP contribution is -2.32. The molecular formula is C19H22BrN3OS. The molecule has 0 radical (unpaired) electrons. The Balaban J connectivity index is 2.06. The van der Waals surface area contributed by atoms with Crippen molar-refractivity contribution < 1.29 is 0 Å². The second-order valence-corrected chi connectivity index (χ2v) is 7.75. The zero-order chi connectivity index (χ0) is 18.0. The summed E-state index contributed by atoms with van der Waals surface area (Å²) < 4.78 is 2.84. The van der Waals surface area contributed by atoms with E-state index in [0.29, 0.717) is 6.54 Å². The third-order valence-electron chi connectivity index (χ3n) is 4.57. The van der Waals surface area contributed by atoms with Gasteiger partial charge in [0.2, 0.25) is 0 Å². The number of aromatic nitrogens is 2. The third-order valence-corrected chi connectivity index (χ3v) is 5.97. The fourth-order valence-electron chi connectivity index (χ4n) is 3.01. The topological polar surface area (TPSA) is 38.1 Å². The molecule has 1 aromatic carbocycles. The van der Waals surface area contributed by atoms with E-state index in [2.05, 4.69) is 39.7 Å². The zero-order valence-electron chi connectivity index (χ0n) is 14.8. The number of fused-ring (bicyclic) bond motifs is 1. The summed E-state index contributed by atoms with van der Waals surface area (Å²) in [6, 6.07) is 8.06. The molecule has 0 aliphatic carbocycles. The van der Waals surface area contributed by atoms with Crippen molar-refractivity contribution in [3.05, 3.63) is 50.3 Å². The molecular weight excluding hydrogens is 398 g/mol. The number of thiophene rings is 1. The SMILES string of the molecule is CCN(CC)CCn1c(C)nc2scc(-c3ccc(Br)cc3)c2c1=O. The summed E-state index contributed by atoms with van der Waals surface area (Å²) in [4.78, 5) is 21.0. The van der Waals surface area contributed by atoms with Gasteiger partial charge in [0, 0.05) is 28.5 Å². The summed E-state index contributed by atoms with van der Waals surface area (Å²) in [6.07, 6.45) is 0. The molecule has 0 amide bonds. The molecule has 0 bridgehead atoms. The Labute approximate surface area is 160 Å². The van der Waals surface area contributed by atoms with Gasteiger partial charge in [0.25, 0.3) is 5.56 Å². The van der Waals surface area contributed by atoms with Crippen molar-refractivity contribution in [2.24, 2.45) is 0 Å². The predicted octanol–water partition coefficient (Wildman–Crippen LogP) is 4.54. The minimum absolute atomic E-state index is 0.0637. The van der Waals surface area contributed by atoms with Crippen molar-refractivity contribution in [1.29, 1.82) is 0 Å². The van der Waals surface area contributed by atoms with Crippen LogP contribution in [0, 0.1) is 6.92 Å². The summed E-state index contributed by atoms with van der Waals surface area (Å²) in [7, 11) is 0. The standard InChI is InChI=1S/C19H22BrN3OS/c1-4-22(5-2)10-11-23-13(3)21-18-17(19(23)24)16(12-25-18)14-6-8-15(20)9-7-14/h6-9,12H,4-5,10-11H2,1-3H3. The van der Waals surface area contributed by atoms with Crippen LogP contribution in [-0.4, -0.2) is 34.1 Å². The Morgan fingerprint density at radius 1 is 1.20 bits per heavy atom. The first-order valence-corrected chi connectivity index (χ1v) is 10.2. The summed E-state index contributed by atoms with van der Waals surface area (Å²) >= 11 is 5.00. The van der Waals surface area contributed by atoms with E-state index in [0.717, 1.165) is 51.3 Å². The molecule has 0 atom stereocenters. The van der Waals surface area contributed by atoms with Crippen LogP contribution >= 0.6 is 27.3 Å². The molecule has 0 unspecified atom stereocenters. The lowest BCUT2D eigenvalue weighted by molar-refractivity contribution is 0.288. The Bertz CT molecular complexity index is 926. The minimum atomic E-state index is 0.0637. The van der Waals surface area contributed by atoms with E-state index in [1.807, 2.05) is 41.1 Å². The van der Waals surface area contributed by atoms with Gasteiger partial charge in [-0.2, -0.15) is 0 Å². The molecule has 0 N–H and O–H groups in total. The number of halogens is 1. The van der Waals surface area contributed by atoms with Crippen LogP contribution in [0.1, 0.15) is 19.7 Å². The van der Waals surface area contributed by atoms with Crippen LogP contribution in [-0.2, 0) is 6.54 Å². The fraction of sp³-hybridized carbons (Fsp3) is 0.368. The van der Waals surface area contributed by atoms with Crippen molar-refractivity contribution in [3.8, 4) is 11.1 Å². The van der Waals surface area contributed by atoms with E-state index in [-0.39, 0.29) is 5.56 Å². The smallest absolute Gasteiger partial charge is 0.262 e. The molecule has 0 aliphatic heterocycles. The number of benzene rings is 1. The lowest BCUT2D eigenvalue weighted by Gasteiger charge is -2.19. The van der Waals surface area contributed by atoms with Gasteiger partial charge in [0.05, 0.1) is 5.39 Å². The highest BCUT2D eigenvalue weighted by Gasteiger charge is 2.15. The molecule has 3 aromatic rings. The average Bonchev–Trinajstić information content (AvgIpc) is 3.02. The van der Waals surface area contributed by atoms with Crippen LogP contribution in [0.3, 0.4) is 0 Å². The van der Waals surface area contributed by atoms with Crippen LogP contribution in [0.15, 0.2) is 38.9 Å². The predicted molar refractivity (Wildman–Crippen MR) is 110 cm³/mol. The van der Waals surface area contributed by atoms with E-state index >= 15 is 0 Å². The van der Waals surface area contributed by atoms with Crippen LogP contribution in [0.2, 0.25) is 0 Å². The molecule has 6 heteroatoms. The molecule has 25 heavy (non-hydrogen) atoms. The van der Waals surface area contributed by atoms with Gasteiger partial charge in [-0.15, -0.1) is 11.3 Å². The monoisotopic (exact) mass is 419 g/mol. The molecule has 0 saturated heterocycles. The van der Waals surface area contributed by atoms with E-state index in [1.54, 1.807) is 0 Å². The maximum absolute atomic E-state index is 13.2. The number of hydrogen-bond acceptors (Lipinski definition) is 4. The van der Waals surface area contributed by atoms with Crippen LogP contribution in [0.5, 0.6) is 0 Å². The van der Waals surface area contributed by atoms with Crippen molar-refractivity contribution in [2.75, 3.05) is 19.6 Å². The summed E-state index contributed by atoms with van der Waals surface area (Å²) in [5.41, 5.74) is 2.09. The molecule has 0 saturated carbocycles. The van der Waals surface area contributed by atoms with Gasteiger partial charge in [-0.1, -0.05) is 41.9 Å². The number of nitrogens with zero attached hydrogens (tertiary/aromatic N) is 3. The molecule has 2 heterocycles. The molecule has 0 spiro atoms. The molecule has 3 rings (SSSR count). The van der Waals surface area contributed by atoms with Crippen LogP contribution < -0.4 is 5.56 Å². The normalized spacial score (nSPS) is 11.6. The van der Waals surface area contributed by atoms with Gasteiger partial charge < -0.3 is 4.90 Å². The quantitative estimate of drug-likeness (QED) is 0.588. The molecule has 132 valence electrons. The Morgan fingerprint density at radius 2 is 1.88 bits per heavy atom. The second kappa shape index (κ2) is 7.81. The molecule has 0 fully saturated rings. The summed E-state index contributed by atoms with van der Waals surface area (Å²) in [5.74, 6) is 0.786. The van der Waals surface area contributed by atoms with Crippen LogP contribution in [0.4, 0.5) is 0 Å². The van der Waals surface area contributed by atoms with Crippen molar-refractivity contribution in [1.82, 2.24) is 14.5 Å². The van der Waals surface area contributed by atoms with E-state index in [9.17, 15) is 4.79 Å². The van der Waals surface area contributed by atoms with Gasteiger partial charge in [-0.05, 0) is 37.7 Å². The first-order chi connectivity index (χ1) is 12.0. The minimum Gasteiger partial charge on any atom is -0.302 e. The Kier molecular flexibility index (Phi) is 5.71. The fourth-order valence-corrected chi connectivity index (χ4v) is 4.26. The molecule has 2 aromatic heterocycles.